The van der Waals surface area contributed by atoms with Gasteiger partial charge in [0.15, 0.2) is 0 Å². The van der Waals surface area contributed by atoms with Gasteiger partial charge in [0.2, 0.25) is 7.28 Å². The van der Waals surface area contributed by atoms with Gasteiger partial charge in [0.25, 0.3) is 0 Å². The third kappa shape index (κ3) is 6.55. The number of rotatable bonds is 5. The lowest BCUT2D eigenvalue weighted by molar-refractivity contribution is 0.214. The lowest BCUT2D eigenvalue weighted by Gasteiger charge is -2.45. The van der Waals surface area contributed by atoms with Crippen molar-refractivity contribution in [3.05, 3.63) is 160 Å². The molecule has 1 N–H and O–H groups in total. The third-order valence-electron chi connectivity index (χ3n) is 15.2. The predicted molar refractivity (Wildman–Crippen MR) is 268 cm³/mol. The van der Waals surface area contributed by atoms with Crippen molar-refractivity contribution in [2.75, 3.05) is 5.32 Å². The summed E-state index contributed by atoms with van der Waals surface area (Å²) >= 11 is 2.03. The third-order valence-corrected chi connectivity index (χ3v) is 16.4. The van der Waals surface area contributed by atoms with Crippen LogP contribution in [0.15, 0.2) is 121 Å². The van der Waals surface area contributed by atoms with Crippen LogP contribution >= 0.6 is 11.3 Å². The Labute approximate surface area is 370 Å². The number of benzene rings is 6. The topological polar surface area (TPSA) is 12.0 Å². The van der Waals surface area contributed by atoms with Gasteiger partial charge in [0.1, 0.15) is 0 Å². The molecule has 2 aliphatic heterocycles. The molecule has 0 bridgehead atoms. The second-order valence-corrected chi connectivity index (χ2v) is 22.7. The van der Waals surface area contributed by atoms with Crippen LogP contribution in [-0.2, 0) is 16.2 Å². The average molecular weight is 816 g/mol. The van der Waals surface area contributed by atoms with Gasteiger partial charge in [-0.3, -0.25) is 0 Å². The van der Waals surface area contributed by atoms with Crippen LogP contribution in [0.25, 0.3) is 43.5 Å². The normalized spacial score (nSPS) is 20.7. The van der Waals surface area contributed by atoms with Crippen molar-refractivity contribution < 1.29 is 0 Å². The standard InChI is InChI=1S/C58H62BNS/c1-35(2)38-23-26-49-46(29-38)51-50(42-25-24-40(55(3,4)5)32-43(42)37-21-15-12-16-22-37)47-31-39(36-19-13-11-14-20-36)30-44(52(47)59-54(51)61-49)45-33-41(56(6,7)8)34-48-53(45)60-58(10)28-18-17-27-57(48,58)9/h11-16,19-26,29-35,50,59-60H,17-18,27-28H2,1-10H3. The number of anilines is 1. The first kappa shape index (κ1) is 40.2. The van der Waals surface area contributed by atoms with Gasteiger partial charge in [-0.1, -0.05) is 178 Å². The Morgan fingerprint density at radius 3 is 2.00 bits per heavy atom. The molecule has 1 fully saturated rings. The molecule has 0 amide bonds. The predicted octanol–water partition coefficient (Wildman–Crippen LogP) is 14.5. The minimum absolute atomic E-state index is 0.000408. The average Bonchev–Trinajstić information content (AvgIpc) is 3.72. The summed E-state index contributed by atoms with van der Waals surface area (Å²) in [6.07, 6.45) is 4.98. The van der Waals surface area contributed by atoms with E-state index in [1.807, 2.05) is 11.3 Å². The van der Waals surface area contributed by atoms with Gasteiger partial charge in [-0.15, -0.1) is 11.3 Å². The lowest BCUT2D eigenvalue weighted by atomic mass is 9.54. The smallest absolute Gasteiger partial charge is 0.206 e. The van der Waals surface area contributed by atoms with Crippen molar-refractivity contribution in [2.45, 2.75) is 129 Å². The highest BCUT2D eigenvalue weighted by Crippen LogP contribution is 2.58. The zero-order valence-corrected chi connectivity index (χ0v) is 39.0. The van der Waals surface area contributed by atoms with Crippen LogP contribution in [0.4, 0.5) is 5.69 Å². The lowest BCUT2D eigenvalue weighted by Crippen LogP contribution is -2.50. The number of hydrogen-bond acceptors (Lipinski definition) is 2. The molecule has 0 radical (unpaired) electrons. The van der Waals surface area contributed by atoms with Crippen LogP contribution in [0.5, 0.6) is 0 Å². The maximum absolute atomic E-state index is 4.32. The van der Waals surface area contributed by atoms with Gasteiger partial charge in [-0.2, -0.15) is 0 Å². The molecule has 1 nitrogen and oxygen atoms in total. The Morgan fingerprint density at radius 2 is 1.31 bits per heavy atom. The van der Waals surface area contributed by atoms with E-state index in [1.165, 1.54) is 124 Å². The van der Waals surface area contributed by atoms with E-state index < -0.39 is 0 Å². The van der Waals surface area contributed by atoms with Gasteiger partial charge in [-0.05, 0) is 138 Å². The molecule has 3 heterocycles. The van der Waals surface area contributed by atoms with Gasteiger partial charge < -0.3 is 5.32 Å². The van der Waals surface area contributed by atoms with Crippen LogP contribution in [0.1, 0.15) is 146 Å². The summed E-state index contributed by atoms with van der Waals surface area (Å²) in [6, 6.07) is 47.5. The summed E-state index contributed by atoms with van der Waals surface area (Å²) in [5.41, 5.74) is 21.0. The monoisotopic (exact) mass is 815 g/mol. The maximum atomic E-state index is 4.32. The first-order valence-corrected chi connectivity index (χ1v) is 23.8. The molecule has 3 atom stereocenters. The second kappa shape index (κ2) is 14.3. The first-order valence-electron chi connectivity index (χ1n) is 23.0. The SMILES string of the molecule is CC(C)c1ccc2sc3c(c2c1)C(c1ccc(C(C)(C)C)cc1-c1ccccc1)c1cc(-c2ccccc2)cc(-c2cc(C(C)(C)C)cc4c2NC2(C)CCCCC42C)c1B3. The number of hydrogen-bond donors (Lipinski definition) is 1. The minimum Gasteiger partial charge on any atom is -0.378 e. The van der Waals surface area contributed by atoms with Crippen LogP contribution in [-0.4, -0.2) is 12.8 Å². The largest absolute Gasteiger partial charge is 0.378 e. The molecule has 10 rings (SSSR count). The zero-order valence-electron chi connectivity index (χ0n) is 38.1. The zero-order chi connectivity index (χ0) is 42.6. The number of fused-ring (bicyclic) bond motifs is 7. The highest BCUT2D eigenvalue weighted by Gasteiger charge is 2.54. The van der Waals surface area contributed by atoms with E-state index in [4.69, 9.17) is 0 Å². The first-order chi connectivity index (χ1) is 29.0. The summed E-state index contributed by atoms with van der Waals surface area (Å²) < 4.78 is 2.90. The molecule has 3 unspecified atom stereocenters. The Balaban J connectivity index is 1.34. The van der Waals surface area contributed by atoms with Gasteiger partial charge >= 0.3 is 0 Å². The molecule has 7 aromatic rings. The Kier molecular flexibility index (Phi) is 9.46. The molecule has 0 spiro atoms. The molecule has 1 aromatic heterocycles. The van der Waals surface area contributed by atoms with Crippen molar-refractivity contribution in [1.82, 2.24) is 0 Å². The van der Waals surface area contributed by atoms with Crippen LogP contribution in [0.2, 0.25) is 0 Å². The summed E-state index contributed by atoms with van der Waals surface area (Å²) in [7, 11) is 0.922. The number of thiophene rings is 1. The van der Waals surface area contributed by atoms with Crippen molar-refractivity contribution in [3.63, 3.8) is 0 Å². The molecule has 308 valence electrons. The van der Waals surface area contributed by atoms with E-state index in [9.17, 15) is 0 Å². The van der Waals surface area contributed by atoms with Crippen LogP contribution < -0.4 is 15.6 Å². The minimum atomic E-state index is -0.000408. The van der Waals surface area contributed by atoms with E-state index in [2.05, 4.69) is 196 Å². The molecule has 1 aliphatic carbocycles. The quantitative estimate of drug-likeness (QED) is 0.171. The van der Waals surface area contributed by atoms with Crippen molar-refractivity contribution in [2.24, 2.45) is 0 Å². The number of nitrogens with one attached hydrogen (secondary N) is 1. The molecular weight excluding hydrogens is 754 g/mol. The van der Waals surface area contributed by atoms with E-state index in [1.54, 1.807) is 0 Å². The van der Waals surface area contributed by atoms with E-state index in [0.29, 0.717) is 5.92 Å². The van der Waals surface area contributed by atoms with Gasteiger partial charge in [0.05, 0.1) is 0 Å². The van der Waals surface area contributed by atoms with Crippen molar-refractivity contribution in [3.8, 4) is 33.4 Å². The molecule has 3 heteroatoms. The van der Waals surface area contributed by atoms with E-state index in [0.717, 1.165) is 7.28 Å². The Morgan fingerprint density at radius 1 is 0.639 bits per heavy atom. The molecular formula is C58H62BNS. The van der Waals surface area contributed by atoms with Gasteiger partial charge in [0, 0.05) is 32.8 Å². The molecule has 0 saturated heterocycles. The maximum Gasteiger partial charge on any atom is 0.206 e. The van der Waals surface area contributed by atoms with E-state index >= 15 is 0 Å². The fraction of sp³-hybridized carbons (Fsp3) is 0.345. The van der Waals surface area contributed by atoms with Gasteiger partial charge in [-0.25, -0.2) is 0 Å². The van der Waals surface area contributed by atoms with Crippen molar-refractivity contribution >= 4 is 44.6 Å². The highest BCUT2D eigenvalue weighted by molar-refractivity contribution is 7.28. The summed E-state index contributed by atoms with van der Waals surface area (Å²) in [5.74, 6) is 0.500. The Hall–Kier alpha value is -4.86. The van der Waals surface area contributed by atoms with Crippen LogP contribution in [0, 0.1) is 0 Å². The summed E-state index contributed by atoms with van der Waals surface area (Å²) in [5, 5.41) is 5.74. The Bertz CT molecular complexity index is 2830. The van der Waals surface area contributed by atoms with Crippen molar-refractivity contribution in [1.29, 1.82) is 0 Å². The summed E-state index contributed by atoms with van der Waals surface area (Å²) in [6.45, 7) is 24.0. The summed E-state index contributed by atoms with van der Waals surface area (Å²) in [4.78, 5) is 0. The fourth-order valence-corrected chi connectivity index (χ4v) is 12.5. The highest BCUT2D eigenvalue weighted by atomic mass is 32.1. The molecule has 1 saturated carbocycles. The van der Waals surface area contributed by atoms with Crippen LogP contribution in [0.3, 0.4) is 0 Å². The second-order valence-electron chi connectivity index (χ2n) is 21.5. The molecule has 61 heavy (non-hydrogen) atoms. The molecule has 3 aliphatic rings. The molecule has 6 aromatic carbocycles. The van der Waals surface area contributed by atoms with E-state index in [-0.39, 0.29) is 27.7 Å². The fourth-order valence-electron chi connectivity index (χ4n) is 11.2.